The zero-order chi connectivity index (χ0) is 10.7. The van der Waals surface area contributed by atoms with Crippen LogP contribution in [0.1, 0.15) is 11.1 Å². The first kappa shape index (κ1) is 9.48. The fourth-order valence-electron chi connectivity index (χ4n) is 1.38. The molecule has 1 heterocycles. The number of benzene rings is 1. The molecule has 0 aliphatic rings. The highest BCUT2D eigenvalue weighted by Crippen LogP contribution is 2.17. The van der Waals surface area contributed by atoms with Crippen molar-refractivity contribution in [2.24, 2.45) is 0 Å². The van der Waals surface area contributed by atoms with Gasteiger partial charge in [0.2, 0.25) is 0 Å². The molecule has 0 radical (unpaired) electrons. The Balaban J connectivity index is 2.38. The first-order valence-corrected chi connectivity index (χ1v) is 4.79. The van der Waals surface area contributed by atoms with Crippen molar-refractivity contribution in [1.82, 2.24) is 4.98 Å². The van der Waals surface area contributed by atoms with Crippen LogP contribution in [0.15, 0.2) is 42.6 Å². The third kappa shape index (κ3) is 2.05. The van der Waals surface area contributed by atoms with Gasteiger partial charge in [0, 0.05) is 17.3 Å². The number of rotatable bonds is 1. The zero-order valence-electron chi connectivity index (χ0n) is 8.57. The molecule has 0 spiro atoms. The zero-order valence-corrected chi connectivity index (χ0v) is 8.57. The average molecular weight is 193 g/mol. The molecule has 0 unspecified atom stereocenters. The van der Waals surface area contributed by atoms with E-state index in [1.54, 1.807) is 0 Å². The number of aromatic nitrogens is 1. The summed E-state index contributed by atoms with van der Waals surface area (Å²) in [6.45, 7) is 2.03. The molecular formula is C14H11N. The number of aryl methyl sites for hydroxylation is 1. The van der Waals surface area contributed by atoms with E-state index in [-0.39, 0.29) is 0 Å². The van der Waals surface area contributed by atoms with Crippen LogP contribution < -0.4 is 0 Å². The number of hydrogen-bond acceptors (Lipinski definition) is 1. The van der Waals surface area contributed by atoms with Crippen LogP contribution in [-0.4, -0.2) is 4.98 Å². The molecule has 2 rings (SSSR count). The quantitative estimate of drug-likeness (QED) is 0.634. The molecule has 0 saturated carbocycles. The molecule has 0 aliphatic carbocycles. The first-order chi connectivity index (χ1) is 7.29. The predicted molar refractivity (Wildman–Crippen MR) is 62.3 cm³/mol. The van der Waals surface area contributed by atoms with Gasteiger partial charge in [-0.3, -0.25) is 4.98 Å². The minimum Gasteiger partial charge on any atom is -0.256 e. The molecule has 1 aromatic carbocycles. The maximum atomic E-state index is 5.29. The van der Waals surface area contributed by atoms with E-state index in [0.29, 0.717) is 0 Å². The van der Waals surface area contributed by atoms with Gasteiger partial charge in [-0.25, -0.2) is 0 Å². The normalized spacial score (nSPS) is 9.60. The molecule has 1 nitrogen and oxygen atoms in total. The molecule has 0 atom stereocenters. The van der Waals surface area contributed by atoms with Crippen LogP contribution in [0, 0.1) is 19.3 Å². The fourth-order valence-corrected chi connectivity index (χ4v) is 1.38. The maximum absolute atomic E-state index is 5.29. The molecule has 0 bridgehead atoms. The molecule has 1 aromatic heterocycles. The summed E-state index contributed by atoms with van der Waals surface area (Å²) >= 11 is 0. The Bertz CT molecular complexity index is 486. The largest absolute Gasteiger partial charge is 0.256 e. The molecule has 0 fully saturated rings. The van der Waals surface area contributed by atoms with E-state index >= 15 is 0 Å². The summed E-state index contributed by atoms with van der Waals surface area (Å²) < 4.78 is 0. The lowest BCUT2D eigenvalue weighted by Crippen LogP contribution is -1.84. The van der Waals surface area contributed by atoms with Crippen LogP contribution in [0.4, 0.5) is 0 Å². The van der Waals surface area contributed by atoms with Gasteiger partial charge in [-0.1, -0.05) is 24.1 Å². The smallest absolute Gasteiger partial charge is 0.0702 e. The van der Waals surface area contributed by atoms with Gasteiger partial charge >= 0.3 is 0 Å². The van der Waals surface area contributed by atoms with E-state index in [4.69, 9.17) is 6.42 Å². The Labute approximate surface area is 89.8 Å². The average Bonchev–Trinajstić information content (AvgIpc) is 2.30. The highest BCUT2D eigenvalue weighted by molar-refractivity contribution is 5.60. The molecule has 0 saturated heterocycles. The molecule has 1 heteroatoms. The van der Waals surface area contributed by atoms with Crippen LogP contribution >= 0.6 is 0 Å². The Morgan fingerprint density at radius 1 is 1.07 bits per heavy atom. The molecule has 15 heavy (non-hydrogen) atoms. The SMILES string of the molecule is C#Cc1ccc(-c2ccc(C)cn2)cc1. The summed E-state index contributed by atoms with van der Waals surface area (Å²) in [7, 11) is 0. The summed E-state index contributed by atoms with van der Waals surface area (Å²) in [4.78, 5) is 4.35. The fraction of sp³-hybridized carbons (Fsp3) is 0.0714. The van der Waals surface area contributed by atoms with E-state index in [0.717, 1.165) is 16.8 Å². The number of pyridine rings is 1. The van der Waals surface area contributed by atoms with Gasteiger partial charge in [-0.15, -0.1) is 6.42 Å². The molecule has 0 aliphatic heterocycles. The van der Waals surface area contributed by atoms with Crippen molar-refractivity contribution in [3.63, 3.8) is 0 Å². The van der Waals surface area contributed by atoms with Crippen molar-refractivity contribution in [2.75, 3.05) is 0 Å². The summed E-state index contributed by atoms with van der Waals surface area (Å²) in [5.41, 5.74) is 4.13. The van der Waals surface area contributed by atoms with Gasteiger partial charge < -0.3 is 0 Å². The maximum Gasteiger partial charge on any atom is 0.0702 e. The van der Waals surface area contributed by atoms with Crippen LogP contribution in [0.5, 0.6) is 0 Å². The topological polar surface area (TPSA) is 12.9 Å². The van der Waals surface area contributed by atoms with E-state index in [1.807, 2.05) is 43.5 Å². The van der Waals surface area contributed by atoms with Gasteiger partial charge in [0.25, 0.3) is 0 Å². The van der Waals surface area contributed by atoms with Gasteiger partial charge in [0.1, 0.15) is 0 Å². The summed E-state index contributed by atoms with van der Waals surface area (Å²) in [6.07, 6.45) is 7.16. The second kappa shape index (κ2) is 3.98. The van der Waals surface area contributed by atoms with Crippen molar-refractivity contribution in [3.05, 3.63) is 53.7 Å². The standard InChI is InChI=1S/C14H11N/c1-3-12-5-7-13(8-6-12)14-9-4-11(2)10-15-14/h1,4-10H,2H3. The summed E-state index contributed by atoms with van der Waals surface area (Å²) in [6, 6.07) is 11.9. The van der Waals surface area contributed by atoms with Crippen molar-refractivity contribution in [3.8, 4) is 23.6 Å². The van der Waals surface area contributed by atoms with Gasteiger partial charge in [-0.05, 0) is 30.7 Å². The number of nitrogens with zero attached hydrogens (tertiary/aromatic N) is 1. The number of terminal acetylenes is 1. The lowest BCUT2D eigenvalue weighted by molar-refractivity contribution is 1.27. The molecule has 0 N–H and O–H groups in total. The summed E-state index contributed by atoms with van der Waals surface area (Å²) in [5, 5.41) is 0. The third-order valence-corrected chi connectivity index (χ3v) is 2.26. The Hall–Kier alpha value is -2.07. The van der Waals surface area contributed by atoms with Crippen LogP contribution in [0.3, 0.4) is 0 Å². The second-order valence-electron chi connectivity index (χ2n) is 3.44. The Kier molecular flexibility index (Phi) is 2.51. The van der Waals surface area contributed by atoms with Gasteiger partial charge in [0.15, 0.2) is 0 Å². The number of hydrogen-bond donors (Lipinski definition) is 0. The van der Waals surface area contributed by atoms with Gasteiger partial charge in [0.05, 0.1) is 5.69 Å². The van der Waals surface area contributed by atoms with Crippen molar-refractivity contribution in [1.29, 1.82) is 0 Å². The lowest BCUT2D eigenvalue weighted by atomic mass is 10.1. The van der Waals surface area contributed by atoms with Crippen LogP contribution in [-0.2, 0) is 0 Å². The minimum absolute atomic E-state index is 0.894. The van der Waals surface area contributed by atoms with Crippen LogP contribution in [0.25, 0.3) is 11.3 Å². The Morgan fingerprint density at radius 3 is 2.33 bits per heavy atom. The lowest BCUT2D eigenvalue weighted by Gasteiger charge is -2.01. The Morgan fingerprint density at radius 2 is 1.80 bits per heavy atom. The first-order valence-electron chi connectivity index (χ1n) is 4.79. The predicted octanol–water partition coefficient (Wildman–Crippen LogP) is 3.04. The minimum atomic E-state index is 0.894. The van der Waals surface area contributed by atoms with Crippen LogP contribution in [0.2, 0.25) is 0 Å². The van der Waals surface area contributed by atoms with Crippen molar-refractivity contribution in [2.45, 2.75) is 6.92 Å². The second-order valence-corrected chi connectivity index (χ2v) is 3.44. The van der Waals surface area contributed by atoms with E-state index in [9.17, 15) is 0 Å². The van der Waals surface area contributed by atoms with Crippen molar-refractivity contribution >= 4 is 0 Å². The molecule has 0 amide bonds. The molecular weight excluding hydrogens is 182 g/mol. The van der Waals surface area contributed by atoms with Crippen molar-refractivity contribution < 1.29 is 0 Å². The summed E-state index contributed by atoms with van der Waals surface area (Å²) in [5.74, 6) is 2.59. The highest BCUT2D eigenvalue weighted by atomic mass is 14.7. The molecule has 2 aromatic rings. The van der Waals surface area contributed by atoms with E-state index in [1.165, 1.54) is 5.56 Å². The van der Waals surface area contributed by atoms with Gasteiger partial charge in [-0.2, -0.15) is 0 Å². The highest BCUT2D eigenvalue weighted by Gasteiger charge is 1.97. The third-order valence-electron chi connectivity index (χ3n) is 2.26. The van der Waals surface area contributed by atoms with E-state index in [2.05, 4.69) is 17.0 Å². The monoisotopic (exact) mass is 193 g/mol. The molecule has 72 valence electrons. The van der Waals surface area contributed by atoms with E-state index < -0.39 is 0 Å².